The Balaban J connectivity index is 1.45. The molecule has 2 fully saturated rings. The minimum absolute atomic E-state index is 0.166. The number of carbonyl (C=O) groups is 2. The summed E-state index contributed by atoms with van der Waals surface area (Å²) in [5.74, 6) is 2.56. The molecule has 252 valence electrons. The smallest absolute Gasteiger partial charge is 0.325 e. The first-order chi connectivity index (χ1) is 24.4. The molecule has 5 aromatic carbocycles. The van der Waals surface area contributed by atoms with E-state index >= 15 is 9.59 Å². The molecule has 0 radical (unpaired) electrons. The Bertz CT molecular complexity index is 2100. The summed E-state index contributed by atoms with van der Waals surface area (Å²) in [4.78, 5) is 38.9. The monoisotopic (exact) mass is 668 g/mol. The Hall–Kier alpha value is -5.90. The van der Waals surface area contributed by atoms with E-state index in [4.69, 9.17) is 18.9 Å². The molecule has 0 aromatic heterocycles. The number of fused-ring (bicyclic) bond motifs is 1. The van der Waals surface area contributed by atoms with E-state index < -0.39 is 11.3 Å². The first kappa shape index (κ1) is 30.2. The van der Waals surface area contributed by atoms with Gasteiger partial charge in [-0.1, -0.05) is 72.8 Å². The third-order valence-electron chi connectivity index (χ3n) is 11.1. The Morgan fingerprint density at radius 1 is 0.440 bits per heavy atom. The van der Waals surface area contributed by atoms with E-state index in [0.717, 1.165) is 44.2 Å². The molecule has 4 aliphatic rings. The summed E-state index contributed by atoms with van der Waals surface area (Å²) in [6.07, 6.45) is 0. The summed E-state index contributed by atoms with van der Waals surface area (Å²) in [6.45, 7) is 0.673. The number of methoxy groups -OCH3 is 4. The molecule has 4 heterocycles. The van der Waals surface area contributed by atoms with Gasteiger partial charge < -0.3 is 18.9 Å². The highest BCUT2D eigenvalue weighted by molar-refractivity contribution is 5.96. The van der Waals surface area contributed by atoms with Crippen LogP contribution in [-0.4, -0.2) is 60.1 Å². The van der Waals surface area contributed by atoms with Crippen molar-refractivity contribution in [3.05, 3.63) is 130 Å². The van der Waals surface area contributed by atoms with Crippen molar-refractivity contribution >= 4 is 22.8 Å². The van der Waals surface area contributed by atoms with Crippen LogP contribution < -0.4 is 18.9 Å². The number of nitrogens with zero attached hydrogens (tertiary/aromatic N) is 4. The van der Waals surface area contributed by atoms with Crippen LogP contribution in [0.3, 0.4) is 0 Å². The van der Waals surface area contributed by atoms with Crippen LogP contribution in [0.1, 0.15) is 33.4 Å². The molecule has 10 heteroatoms. The second kappa shape index (κ2) is 10.8. The predicted molar refractivity (Wildman–Crippen MR) is 186 cm³/mol. The summed E-state index contributed by atoms with van der Waals surface area (Å²) >= 11 is 0. The maximum absolute atomic E-state index is 15.7. The summed E-state index contributed by atoms with van der Waals surface area (Å²) in [7, 11) is 6.55. The van der Waals surface area contributed by atoms with Gasteiger partial charge in [0, 0.05) is 33.4 Å². The predicted octanol–water partition coefficient (Wildman–Crippen LogP) is 6.78. The van der Waals surface area contributed by atoms with Gasteiger partial charge in [-0.15, -0.1) is 0 Å². The van der Waals surface area contributed by atoms with Crippen molar-refractivity contribution in [1.82, 2.24) is 19.6 Å². The van der Waals surface area contributed by atoms with E-state index in [2.05, 4.69) is 0 Å². The minimum Gasteiger partial charge on any atom is -0.496 e. The van der Waals surface area contributed by atoms with Gasteiger partial charge in [-0.25, -0.2) is 9.59 Å². The van der Waals surface area contributed by atoms with Gasteiger partial charge in [0.05, 0.1) is 54.6 Å². The lowest BCUT2D eigenvalue weighted by Gasteiger charge is -2.50. The second-order valence-corrected chi connectivity index (χ2v) is 13.0. The lowest BCUT2D eigenvalue weighted by Crippen LogP contribution is -2.63. The van der Waals surface area contributed by atoms with Crippen molar-refractivity contribution < 1.29 is 28.5 Å². The summed E-state index contributed by atoms with van der Waals surface area (Å²) in [6, 6.07) is 31.1. The molecule has 2 saturated heterocycles. The van der Waals surface area contributed by atoms with Crippen molar-refractivity contribution in [1.29, 1.82) is 0 Å². The number of hydrogen-bond donors (Lipinski definition) is 0. The molecular weight excluding hydrogens is 632 g/mol. The fourth-order valence-corrected chi connectivity index (χ4v) is 9.22. The zero-order valence-corrected chi connectivity index (χ0v) is 28.3. The molecule has 4 aliphatic heterocycles. The van der Waals surface area contributed by atoms with Crippen LogP contribution in [0.25, 0.3) is 10.8 Å². The van der Waals surface area contributed by atoms with Crippen molar-refractivity contribution in [2.24, 2.45) is 0 Å². The lowest BCUT2D eigenvalue weighted by molar-refractivity contribution is -0.0831. The largest absolute Gasteiger partial charge is 0.496 e. The van der Waals surface area contributed by atoms with E-state index in [-0.39, 0.29) is 38.2 Å². The van der Waals surface area contributed by atoms with Crippen molar-refractivity contribution in [3.8, 4) is 23.0 Å². The summed E-state index contributed by atoms with van der Waals surface area (Å²) < 4.78 is 23.9. The van der Waals surface area contributed by atoms with Crippen LogP contribution in [0, 0.1) is 0 Å². The molecule has 50 heavy (non-hydrogen) atoms. The molecule has 5 aromatic rings. The summed E-state index contributed by atoms with van der Waals surface area (Å²) in [5, 5.41) is 1.88. The van der Waals surface area contributed by atoms with Gasteiger partial charge in [0.2, 0.25) is 0 Å². The summed E-state index contributed by atoms with van der Waals surface area (Å²) in [5.41, 5.74) is 2.25. The molecule has 10 nitrogen and oxygen atoms in total. The average molecular weight is 669 g/mol. The van der Waals surface area contributed by atoms with Gasteiger partial charge in [-0.2, -0.15) is 0 Å². The van der Waals surface area contributed by atoms with Gasteiger partial charge in [0.15, 0.2) is 11.3 Å². The van der Waals surface area contributed by atoms with Gasteiger partial charge in [0.25, 0.3) is 0 Å². The van der Waals surface area contributed by atoms with E-state index in [0.29, 0.717) is 23.0 Å². The van der Waals surface area contributed by atoms with Crippen molar-refractivity contribution in [2.45, 2.75) is 37.5 Å². The van der Waals surface area contributed by atoms with Crippen LogP contribution in [-0.2, 0) is 37.5 Å². The van der Waals surface area contributed by atoms with Crippen LogP contribution in [0.4, 0.5) is 9.59 Å². The fraction of sp³-hybridized carbons (Fsp3) is 0.250. The molecule has 0 unspecified atom stereocenters. The highest BCUT2D eigenvalue weighted by Gasteiger charge is 2.80. The quantitative estimate of drug-likeness (QED) is 0.198. The Morgan fingerprint density at radius 2 is 0.760 bits per heavy atom. The van der Waals surface area contributed by atoms with Gasteiger partial charge >= 0.3 is 12.1 Å². The van der Waals surface area contributed by atoms with Crippen LogP contribution >= 0.6 is 0 Å². The third kappa shape index (κ3) is 3.52. The van der Waals surface area contributed by atoms with Gasteiger partial charge in [0.1, 0.15) is 23.0 Å². The Kier molecular flexibility index (Phi) is 6.52. The number of ether oxygens (including phenoxy) is 4. The topological polar surface area (TPSA) is 84.0 Å². The SMILES string of the molecule is COc1ccc(OC)c2c1CN1C(=O)N3Cc4c(OC)ccc5ccc(OC)c(c45)CN4C(=O)N(C2)C1(c1ccccc1)C34c1ccccc1. The van der Waals surface area contributed by atoms with E-state index in [9.17, 15) is 0 Å². The molecule has 0 saturated carbocycles. The number of rotatable bonds is 6. The average Bonchev–Trinajstić information content (AvgIpc) is 3.38. The first-order valence-corrected chi connectivity index (χ1v) is 16.6. The number of carbonyl (C=O) groups excluding carboxylic acids is 2. The molecule has 4 amide bonds. The molecule has 0 atom stereocenters. The fourth-order valence-electron chi connectivity index (χ4n) is 9.22. The Morgan fingerprint density at radius 3 is 1.12 bits per heavy atom. The van der Waals surface area contributed by atoms with Gasteiger partial charge in [-0.05, 0) is 35.0 Å². The van der Waals surface area contributed by atoms with Crippen molar-refractivity contribution in [3.63, 3.8) is 0 Å². The molecular formula is C40H36N4O6. The number of hydrogen-bond acceptors (Lipinski definition) is 6. The van der Waals surface area contributed by atoms with Gasteiger partial charge in [-0.3, -0.25) is 19.6 Å². The van der Waals surface area contributed by atoms with Crippen molar-refractivity contribution in [2.75, 3.05) is 28.4 Å². The highest BCUT2D eigenvalue weighted by atomic mass is 16.5. The second-order valence-electron chi connectivity index (χ2n) is 13.0. The zero-order valence-electron chi connectivity index (χ0n) is 28.3. The first-order valence-electron chi connectivity index (χ1n) is 16.6. The standard InChI is InChI=1S/C40H36N4O6/c1-47-32-19-20-33(48-2)29-22-42-38(46)44-24-31-35(50-4)18-16-25-15-17-34(49-3)30(36(25)31)23-43-37(45)41(21-28(29)32)39(42,26-11-7-5-8-12-26)40(43,44)27-13-9-6-10-14-27/h5-20H,21-24H2,1-4H3. The molecule has 0 spiro atoms. The van der Waals surface area contributed by atoms with E-state index in [1.165, 1.54) is 0 Å². The maximum atomic E-state index is 15.7. The third-order valence-corrected chi connectivity index (χ3v) is 11.1. The zero-order chi connectivity index (χ0) is 34.4. The highest BCUT2D eigenvalue weighted by Crippen LogP contribution is 2.66. The van der Waals surface area contributed by atoms with E-state index in [1.54, 1.807) is 28.4 Å². The van der Waals surface area contributed by atoms with Crippen LogP contribution in [0.2, 0.25) is 0 Å². The Labute approximate surface area is 289 Å². The lowest BCUT2D eigenvalue weighted by atomic mass is 9.78. The molecule has 9 rings (SSSR count). The minimum atomic E-state index is -1.35. The normalized spacial score (nSPS) is 21.8. The van der Waals surface area contributed by atoms with Crippen LogP contribution in [0.5, 0.6) is 23.0 Å². The molecule has 0 aliphatic carbocycles. The molecule has 0 N–H and O–H groups in total. The maximum Gasteiger partial charge on any atom is 0.325 e. The number of amides is 4. The number of benzene rings is 5. The van der Waals surface area contributed by atoms with Crippen LogP contribution in [0.15, 0.2) is 97.1 Å². The number of urea groups is 2. The molecule has 0 bridgehead atoms. The van der Waals surface area contributed by atoms with E-state index in [1.807, 2.05) is 117 Å².